The normalized spacial score (nSPS) is 14.6. The number of primary amides is 2. The number of hydrogen-bond donors (Lipinski definition) is 16. The summed E-state index contributed by atoms with van der Waals surface area (Å²) in [5.41, 5.74) is 33.7. The van der Waals surface area contributed by atoms with Crippen LogP contribution in [0.1, 0.15) is 109 Å². The van der Waals surface area contributed by atoms with Gasteiger partial charge in [0.1, 0.15) is 42.3 Å². The van der Waals surface area contributed by atoms with Crippen LogP contribution in [0.3, 0.4) is 0 Å². The molecule has 0 aliphatic carbocycles. The number of H-pyrrole nitrogens is 1. The number of imidazole rings is 1. The third-order valence-electron chi connectivity index (χ3n) is 10.8. The van der Waals surface area contributed by atoms with Crippen molar-refractivity contribution in [3.63, 3.8) is 0 Å². The average molecular weight is 1010 g/mol. The van der Waals surface area contributed by atoms with Crippen molar-refractivity contribution in [2.24, 2.45) is 40.3 Å². The van der Waals surface area contributed by atoms with Crippen LogP contribution in [0.5, 0.6) is 0 Å². The van der Waals surface area contributed by atoms with Crippen LogP contribution in [0, 0.1) is 5.92 Å². The van der Waals surface area contributed by atoms with E-state index in [0.717, 1.165) is 0 Å². The standard InChI is InChI=1S/C43H77N15O11S/c1-24(2)19-31(56-38(63)27(9-3-6-16-44)52-36(61)26(47)12-14-34(48)59)40(65)58-33(22-70)42(67)57-32(20-25-21-50-23-51-25)41(66)54-29(13-15-35(49)60)39(64)53-28(10-4-7-17-45)37(62)55-30(43(68)69)11-5-8-18-46/h21,23-24,26-33,70H,3-20,22,44-47H2,1-2H3,(H2,48,59)(H2,49,60)(H,50,51)(H,52,61)(H,53,64)(H,54,66)(H,55,62)(H,56,63)(H,57,67)(H,58,65)(H,68,69)/t26-,27-,28-,29-,30-,31-,32-,33-/m0/s1. The van der Waals surface area contributed by atoms with E-state index in [9.17, 15) is 53.1 Å². The Balaban J connectivity index is 3.41. The quantitative estimate of drug-likeness (QED) is 0.0220. The van der Waals surface area contributed by atoms with Crippen molar-refractivity contribution in [2.75, 3.05) is 25.4 Å². The molecule has 0 spiro atoms. The van der Waals surface area contributed by atoms with E-state index < -0.39 is 114 Å². The number of carboxylic acid groups (broad SMARTS) is 1. The summed E-state index contributed by atoms with van der Waals surface area (Å²) in [7, 11) is 0. The molecule has 21 N–H and O–H groups in total. The van der Waals surface area contributed by atoms with Gasteiger partial charge < -0.3 is 81.7 Å². The Morgan fingerprint density at radius 1 is 0.557 bits per heavy atom. The van der Waals surface area contributed by atoms with Gasteiger partial charge in [0.25, 0.3) is 0 Å². The first kappa shape index (κ1) is 62.1. The van der Waals surface area contributed by atoms with Gasteiger partial charge >= 0.3 is 5.97 Å². The molecule has 0 bridgehead atoms. The molecule has 0 aliphatic rings. The predicted molar refractivity (Wildman–Crippen MR) is 260 cm³/mol. The Bertz CT molecular complexity index is 1840. The van der Waals surface area contributed by atoms with E-state index in [1.54, 1.807) is 13.8 Å². The minimum atomic E-state index is -1.51. The van der Waals surface area contributed by atoms with Crippen molar-refractivity contribution in [3.8, 4) is 0 Å². The molecule has 8 atom stereocenters. The molecule has 0 saturated carbocycles. The van der Waals surface area contributed by atoms with Crippen molar-refractivity contribution < 1.29 is 53.1 Å². The van der Waals surface area contributed by atoms with Crippen molar-refractivity contribution in [2.45, 2.75) is 158 Å². The number of nitrogens with zero attached hydrogens (tertiary/aromatic N) is 1. The zero-order valence-electron chi connectivity index (χ0n) is 40.2. The Morgan fingerprint density at radius 3 is 1.39 bits per heavy atom. The molecule has 396 valence electrons. The molecular formula is C43H77N15O11S. The lowest BCUT2D eigenvalue weighted by Crippen LogP contribution is -2.61. The van der Waals surface area contributed by atoms with Crippen LogP contribution in [0.15, 0.2) is 12.5 Å². The first-order valence-electron chi connectivity index (χ1n) is 23.5. The number of carbonyl (C=O) groups excluding carboxylic acids is 9. The van der Waals surface area contributed by atoms with Crippen LogP contribution in [-0.4, -0.2) is 148 Å². The maximum atomic E-state index is 14.1. The first-order valence-corrected chi connectivity index (χ1v) is 24.2. The van der Waals surface area contributed by atoms with E-state index in [1.165, 1.54) is 12.5 Å². The second-order valence-corrected chi connectivity index (χ2v) is 17.7. The number of thiol groups is 1. The van der Waals surface area contributed by atoms with Gasteiger partial charge in [0, 0.05) is 36.9 Å². The lowest BCUT2D eigenvalue weighted by atomic mass is 10.0. The third kappa shape index (κ3) is 25.1. The molecule has 26 nitrogen and oxygen atoms in total. The fraction of sp³-hybridized carbons (Fsp3) is 0.698. The zero-order chi connectivity index (χ0) is 52.8. The summed E-state index contributed by atoms with van der Waals surface area (Å²) in [5, 5.41) is 27.7. The molecule has 1 heterocycles. The largest absolute Gasteiger partial charge is 0.480 e. The number of hydrogen-bond acceptors (Lipinski definition) is 16. The number of aromatic nitrogens is 2. The number of unbranched alkanes of at least 4 members (excludes halogenated alkanes) is 3. The number of rotatable bonds is 38. The fourth-order valence-electron chi connectivity index (χ4n) is 6.89. The van der Waals surface area contributed by atoms with Crippen molar-refractivity contribution in [3.05, 3.63) is 18.2 Å². The van der Waals surface area contributed by atoms with E-state index >= 15 is 0 Å². The predicted octanol–water partition coefficient (Wildman–Crippen LogP) is -4.35. The minimum Gasteiger partial charge on any atom is -0.480 e. The summed E-state index contributed by atoms with van der Waals surface area (Å²) in [6.07, 6.45) is 4.54. The first-order chi connectivity index (χ1) is 33.2. The molecule has 9 amide bonds. The number of amides is 9. The van der Waals surface area contributed by atoms with E-state index in [2.05, 4.69) is 59.8 Å². The van der Waals surface area contributed by atoms with E-state index in [1.807, 2.05) is 0 Å². The zero-order valence-corrected chi connectivity index (χ0v) is 41.1. The molecule has 0 aromatic carbocycles. The van der Waals surface area contributed by atoms with Gasteiger partial charge in [-0.2, -0.15) is 12.6 Å². The number of carboxylic acids is 1. The summed E-state index contributed by atoms with van der Waals surface area (Å²) in [6.45, 7) is 4.48. The molecule has 27 heteroatoms. The molecule has 0 aliphatic heterocycles. The van der Waals surface area contributed by atoms with Crippen LogP contribution in [0.4, 0.5) is 0 Å². The minimum absolute atomic E-state index is 0.0395. The van der Waals surface area contributed by atoms with Crippen molar-refractivity contribution >= 4 is 71.8 Å². The number of nitrogens with one attached hydrogen (secondary N) is 8. The van der Waals surface area contributed by atoms with Gasteiger partial charge in [0.15, 0.2) is 0 Å². The topological polar surface area (TPSA) is 460 Å². The summed E-state index contributed by atoms with van der Waals surface area (Å²) >= 11 is 4.28. The van der Waals surface area contributed by atoms with E-state index in [0.29, 0.717) is 57.3 Å². The van der Waals surface area contributed by atoms with Crippen LogP contribution in [0.25, 0.3) is 0 Å². The summed E-state index contributed by atoms with van der Waals surface area (Å²) < 4.78 is 0. The summed E-state index contributed by atoms with van der Waals surface area (Å²) in [6, 6.07) is -10.5. The summed E-state index contributed by atoms with van der Waals surface area (Å²) in [4.78, 5) is 138. The Morgan fingerprint density at radius 2 is 0.943 bits per heavy atom. The van der Waals surface area contributed by atoms with Crippen LogP contribution < -0.4 is 71.6 Å². The monoisotopic (exact) mass is 1010 g/mol. The lowest BCUT2D eigenvalue weighted by Gasteiger charge is -2.28. The van der Waals surface area contributed by atoms with Crippen LogP contribution in [-0.2, 0) is 54.4 Å². The van der Waals surface area contributed by atoms with Gasteiger partial charge in [0.05, 0.1) is 12.4 Å². The maximum absolute atomic E-state index is 14.1. The molecule has 1 rings (SSSR count). The second-order valence-electron chi connectivity index (χ2n) is 17.3. The lowest BCUT2D eigenvalue weighted by molar-refractivity contribution is -0.142. The molecule has 0 saturated heterocycles. The Labute approximate surface area is 413 Å². The number of nitrogens with two attached hydrogens (primary N) is 6. The van der Waals surface area contributed by atoms with Crippen molar-refractivity contribution in [1.29, 1.82) is 0 Å². The smallest absolute Gasteiger partial charge is 0.326 e. The third-order valence-corrected chi connectivity index (χ3v) is 11.2. The van der Waals surface area contributed by atoms with Gasteiger partial charge in [-0.1, -0.05) is 13.8 Å². The van der Waals surface area contributed by atoms with Gasteiger partial charge in [-0.3, -0.25) is 43.2 Å². The molecular weight excluding hydrogens is 935 g/mol. The molecule has 1 aromatic heterocycles. The SMILES string of the molecule is CC(C)C[C@H](NC(=O)[C@H](CCCCN)NC(=O)[C@@H](N)CCC(N)=O)C(=O)N[C@@H](CS)C(=O)N[C@@H](Cc1cnc[nH]1)C(=O)N[C@@H](CCC(N)=O)C(=O)N[C@@H](CCCCN)C(=O)N[C@@H](CCCCN)C(=O)O. The summed E-state index contributed by atoms with van der Waals surface area (Å²) in [5.74, 6) is -9.04. The van der Waals surface area contributed by atoms with Crippen LogP contribution in [0.2, 0.25) is 0 Å². The Kier molecular flexibility index (Phi) is 30.5. The van der Waals surface area contributed by atoms with Gasteiger partial charge in [-0.15, -0.1) is 0 Å². The highest BCUT2D eigenvalue weighted by Crippen LogP contribution is 2.11. The second kappa shape index (κ2) is 34.4. The number of carbonyl (C=O) groups is 10. The fourth-order valence-corrected chi connectivity index (χ4v) is 7.15. The molecule has 0 fully saturated rings. The maximum Gasteiger partial charge on any atom is 0.326 e. The van der Waals surface area contributed by atoms with Crippen molar-refractivity contribution in [1.82, 2.24) is 47.2 Å². The molecule has 1 aromatic rings. The average Bonchev–Trinajstić information content (AvgIpc) is 3.82. The molecule has 0 radical (unpaired) electrons. The number of aliphatic carboxylic acids is 1. The van der Waals surface area contributed by atoms with Gasteiger partial charge in [-0.05, 0) is 103 Å². The Hall–Kier alpha value is -5.90. The van der Waals surface area contributed by atoms with Gasteiger partial charge in [0.2, 0.25) is 53.2 Å². The molecule has 70 heavy (non-hydrogen) atoms. The van der Waals surface area contributed by atoms with E-state index in [4.69, 9.17) is 34.4 Å². The highest BCUT2D eigenvalue weighted by molar-refractivity contribution is 7.80. The highest BCUT2D eigenvalue weighted by Gasteiger charge is 2.35. The molecule has 0 unspecified atom stereocenters. The highest BCUT2D eigenvalue weighted by atomic mass is 32.1. The number of aromatic amines is 1. The van der Waals surface area contributed by atoms with E-state index in [-0.39, 0.29) is 69.6 Å². The van der Waals surface area contributed by atoms with Crippen LogP contribution >= 0.6 is 12.6 Å². The van der Waals surface area contributed by atoms with Gasteiger partial charge in [-0.25, -0.2) is 9.78 Å².